The Kier molecular flexibility index (Phi) is 7.65. The van der Waals surface area contributed by atoms with Gasteiger partial charge in [0.2, 0.25) is 12.7 Å². The number of carbonyl (C=O) groups excluding carboxylic acids is 2. The molecule has 0 saturated heterocycles. The maximum Gasteiger partial charge on any atom is 0.472 e. The maximum absolute atomic E-state index is 12.0. The SMILES string of the molecule is CC(=O)N(C)c1ncccc1CN(CC(=O)O)C(=O)OCOP(=O)(O)O. The van der Waals surface area contributed by atoms with Crippen molar-refractivity contribution >= 4 is 31.6 Å². The Bertz CT molecular complexity index is 721. The first-order valence-corrected chi connectivity index (χ1v) is 8.56. The van der Waals surface area contributed by atoms with E-state index in [4.69, 9.17) is 14.9 Å². The van der Waals surface area contributed by atoms with Crippen LogP contribution in [0.3, 0.4) is 0 Å². The molecule has 0 atom stereocenters. The molecule has 144 valence electrons. The van der Waals surface area contributed by atoms with Crippen LogP contribution in [0.1, 0.15) is 12.5 Å². The molecule has 0 aliphatic carbocycles. The Labute approximate surface area is 148 Å². The van der Waals surface area contributed by atoms with E-state index in [0.717, 1.165) is 4.90 Å². The highest BCUT2D eigenvalue weighted by atomic mass is 31.2. The zero-order valence-corrected chi connectivity index (χ0v) is 14.8. The monoisotopic (exact) mass is 391 g/mol. The van der Waals surface area contributed by atoms with Crippen molar-refractivity contribution in [2.24, 2.45) is 0 Å². The zero-order chi connectivity index (χ0) is 19.9. The van der Waals surface area contributed by atoms with Gasteiger partial charge in [0.25, 0.3) is 0 Å². The number of aromatic nitrogens is 1. The van der Waals surface area contributed by atoms with Crippen LogP contribution in [0.5, 0.6) is 0 Å². The van der Waals surface area contributed by atoms with Crippen molar-refractivity contribution in [3.8, 4) is 0 Å². The molecule has 0 spiro atoms. The molecule has 0 unspecified atom stereocenters. The maximum atomic E-state index is 12.0. The van der Waals surface area contributed by atoms with E-state index in [1.165, 1.54) is 37.2 Å². The molecule has 1 aromatic heterocycles. The Balaban J connectivity index is 2.95. The number of carboxylic acids is 1. The van der Waals surface area contributed by atoms with Gasteiger partial charge >= 0.3 is 19.9 Å². The third-order valence-corrected chi connectivity index (χ3v) is 3.45. The average Bonchev–Trinajstić information content (AvgIpc) is 2.52. The predicted molar refractivity (Wildman–Crippen MR) is 85.8 cm³/mol. The average molecular weight is 391 g/mol. The molecule has 0 aliphatic heterocycles. The lowest BCUT2D eigenvalue weighted by molar-refractivity contribution is -0.138. The van der Waals surface area contributed by atoms with Gasteiger partial charge in [0, 0.05) is 25.7 Å². The van der Waals surface area contributed by atoms with Crippen LogP contribution in [0, 0.1) is 0 Å². The highest BCUT2D eigenvalue weighted by molar-refractivity contribution is 7.46. The molecule has 1 rings (SSSR count). The number of rotatable bonds is 8. The van der Waals surface area contributed by atoms with Crippen molar-refractivity contribution in [1.82, 2.24) is 9.88 Å². The molecule has 1 aromatic rings. The molecule has 0 bridgehead atoms. The topological polar surface area (TPSA) is 167 Å². The third-order valence-electron chi connectivity index (χ3n) is 3.01. The van der Waals surface area contributed by atoms with Crippen LogP contribution in [0.4, 0.5) is 10.6 Å². The van der Waals surface area contributed by atoms with Crippen molar-refractivity contribution in [2.75, 3.05) is 25.3 Å². The Morgan fingerprint density at radius 3 is 2.50 bits per heavy atom. The van der Waals surface area contributed by atoms with Gasteiger partial charge in [0.1, 0.15) is 12.4 Å². The van der Waals surface area contributed by atoms with Crippen molar-refractivity contribution in [3.63, 3.8) is 0 Å². The molecular weight excluding hydrogens is 373 g/mol. The summed E-state index contributed by atoms with van der Waals surface area (Å²) in [4.78, 5) is 57.6. The molecular formula is C13H18N3O9P. The summed E-state index contributed by atoms with van der Waals surface area (Å²) in [7, 11) is -3.38. The summed E-state index contributed by atoms with van der Waals surface area (Å²) in [6.07, 6.45) is 0.243. The number of nitrogens with zero attached hydrogens (tertiary/aromatic N) is 3. The van der Waals surface area contributed by atoms with Crippen molar-refractivity contribution < 1.29 is 43.1 Å². The minimum Gasteiger partial charge on any atom is -0.480 e. The second kappa shape index (κ2) is 9.25. The highest BCUT2D eigenvalue weighted by Crippen LogP contribution is 2.35. The number of carbonyl (C=O) groups is 3. The normalized spacial score (nSPS) is 10.9. The first-order valence-electron chi connectivity index (χ1n) is 7.03. The Hall–Kier alpha value is -2.53. The van der Waals surface area contributed by atoms with Crippen LogP contribution in [-0.4, -0.2) is 63.1 Å². The summed E-state index contributed by atoms with van der Waals surface area (Å²) in [6.45, 7) is -0.789. The molecule has 0 aromatic carbocycles. The molecule has 26 heavy (non-hydrogen) atoms. The summed E-state index contributed by atoms with van der Waals surface area (Å²) >= 11 is 0. The molecule has 1 heterocycles. The number of anilines is 1. The van der Waals surface area contributed by atoms with Crippen LogP contribution in [0.2, 0.25) is 0 Å². The van der Waals surface area contributed by atoms with Crippen molar-refractivity contribution in [1.29, 1.82) is 0 Å². The van der Waals surface area contributed by atoms with Crippen LogP contribution in [0.25, 0.3) is 0 Å². The molecule has 0 saturated carbocycles. The van der Waals surface area contributed by atoms with Gasteiger partial charge in [0.15, 0.2) is 0 Å². The van der Waals surface area contributed by atoms with Gasteiger partial charge in [0.05, 0.1) is 6.54 Å². The molecule has 13 heteroatoms. The van der Waals surface area contributed by atoms with E-state index in [2.05, 4.69) is 14.2 Å². The largest absolute Gasteiger partial charge is 0.480 e. The number of hydrogen-bond acceptors (Lipinski definition) is 7. The summed E-state index contributed by atoms with van der Waals surface area (Å²) in [6, 6.07) is 3.07. The van der Waals surface area contributed by atoms with Crippen LogP contribution in [0.15, 0.2) is 18.3 Å². The van der Waals surface area contributed by atoms with E-state index in [1.54, 1.807) is 0 Å². The number of hydrogen-bond donors (Lipinski definition) is 3. The van der Waals surface area contributed by atoms with E-state index in [-0.39, 0.29) is 18.3 Å². The first-order chi connectivity index (χ1) is 12.0. The summed E-state index contributed by atoms with van der Waals surface area (Å²) < 4.78 is 19.1. The minimum absolute atomic E-state index is 0.217. The molecule has 2 amide bonds. The lowest BCUT2D eigenvalue weighted by Gasteiger charge is -2.23. The van der Waals surface area contributed by atoms with E-state index in [1.807, 2.05) is 0 Å². The van der Waals surface area contributed by atoms with Gasteiger partial charge in [-0.2, -0.15) is 0 Å². The zero-order valence-electron chi connectivity index (χ0n) is 13.9. The van der Waals surface area contributed by atoms with E-state index in [0.29, 0.717) is 5.56 Å². The van der Waals surface area contributed by atoms with E-state index in [9.17, 15) is 18.9 Å². The van der Waals surface area contributed by atoms with Gasteiger partial charge in [-0.1, -0.05) is 6.07 Å². The second-order valence-corrected chi connectivity index (χ2v) is 6.20. The fraction of sp³-hybridized carbons (Fsp3) is 0.385. The molecule has 12 nitrogen and oxygen atoms in total. The number of amides is 2. The lowest BCUT2D eigenvalue weighted by atomic mass is 10.2. The number of carboxylic acid groups (broad SMARTS) is 1. The fourth-order valence-corrected chi connectivity index (χ4v) is 1.99. The smallest absolute Gasteiger partial charge is 0.472 e. The molecule has 0 aliphatic rings. The highest BCUT2D eigenvalue weighted by Gasteiger charge is 2.23. The Morgan fingerprint density at radius 1 is 1.31 bits per heavy atom. The van der Waals surface area contributed by atoms with Gasteiger partial charge in [-0.3, -0.25) is 19.4 Å². The fourth-order valence-electron chi connectivity index (χ4n) is 1.80. The summed E-state index contributed by atoms with van der Waals surface area (Å²) in [5.74, 6) is -1.45. The summed E-state index contributed by atoms with van der Waals surface area (Å²) in [5, 5.41) is 8.95. The Morgan fingerprint density at radius 2 is 1.96 bits per heavy atom. The molecule has 3 N–H and O–H groups in total. The number of pyridine rings is 1. The van der Waals surface area contributed by atoms with Crippen molar-refractivity contribution in [2.45, 2.75) is 13.5 Å². The summed E-state index contributed by atoms with van der Waals surface area (Å²) in [5.41, 5.74) is 0.360. The number of ether oxygens (including phenoxy) is 1. The van der Waals surface area contributed by atoms with Crippen LogP contribution in [-0.2, 0) is 30.0 Å². The van der Waals surface area contributed by atoms with Crippen LogP contribution >= 0.6 is 7.82 Å². The lowest BCUT2D eigenvalue weighted by Crippen LogP contribution is -2.36. The van der Waals surface area contributed by atoms with Gasteiger partial charge in [-0.25, -0.2) is 18.9 Å². The van der Waals surface area contributed by atoms with E-state index >= 15 is 0 Å². The number of phosphoric ester groups is 1. The predicted octanol–water partition coefficient (Wildman–Crippen LogP) is 0.154. The molecule has 0 fully saturated rings. The second-order valence-electron chi connectivity index (χ2n) is 4.96. The van der Waals surface area contributed by atoms with Crippen molar-refractivity contribution in [3.05, 3.63) is 23.9 Å². The number of phosphoric acid groups is 1. The first kappa shape index (κ1) is 21.5. The standard InChI is InChI=1S/C13H18N3O9P/c1-9(17)15(2)12-10(4-3-5-14-12)6-16(7-11(18)19)13(20)24-8-25-26(21,22)23/h3-5H,6-8H2,1-2H3,(H,18,19)(H2,21,22,23). The van der Waals surface area contributed by atoms with Crippen LogP contribution < -0.4 is 4.90 Å². The van der Waals surface area contributed by atoms with Gasteiger partial charge in [-0.15, -0.1) is 0 Å². The quantitative estimate of drug-likeness (QED) is 0.410. The van der Waals surface area contributed by atoms with Gasteiger partial charge < -0.3 is 19.6 Å². The number of aliphatic carboxylic acids is 1. The van der Waals surface area contributed by atoms with Gasteiger partial charge in [-0.05, 0) is 6.07 Å². The van der Waals surface area contributed by atoms with E-state index < -0.39 is 33.2 Å². The minimum atomic E-state index is -4.84. The molecule has 0 radical (unpaired) electrons. The third kappa shape index (κ3) is 7.15.